The Morgan fingerprint density at radius 1 is 1.00 bits per heavy atom. The third kappa shape index (κ3) is 8.58. The fourth-order valence-electron chi connectivity index (χ4n) is 1.92. The molecule has 0 aromatic carbocycles. The van der Waals surface area contributed by atoms with Gasteiger partial charge in [0.2, 0.25) is 0 Å². The number of piperazine rings is 1. The molecule has 0 spiro atoms. The monoisotopic (exact) mass is 243 g/mol. The zero-order chi connectivity index (χ0) is 13.1. The summed E-state index contributed by atoms with van der Waals surface area (Å²) in [6, 6.07) is 0. The van der Waals surface area contributed by atoms with Gasteiger partial charge in [-0.05, 0) is 27.1 Å². The molecule has 1 rings (SSSR count). The minimum atomic E-state index is 1.23. The Kier molecular flexibility index (Phi) is 10.9. The van der Waals surface area contributed by atoms with Crippen molar-refractivity contribution < 1.29 is 0 Å². The second kappa shape index (κ2) is 11.0. The first-order valence-corrected chi connectivity index (χ1v) is 7.32. The lowest BCUT2D eigenvalue weighted by molar-refractivity contribution is 0.140. The second-order valence-corrected chi connectivity index (χ2v) is 4.80. The molecule has 0 aliphatic carbocycles. The Morgan fingerprint density at radius 3 is 2.12 bits per heavy atom. The van der Waals surface area contributed by atoms with Crippen molar-refractivity contribution in [2.24, 2.45) is 0 Å². The van der Waals surface area contributed by atoms with E-state index in [2.05, 4.69) is 35.7 Å². The normalized spacial score (nSPS) is 18.0. The highest BCUT2D eigenvalue weighted by atomic mass is 15.3. The molecular weight excluding hydrogens is 210 g/mol. The summed E-state index contributed by atoms with van der Waals surface area (Å²) in [5.74, 6) is 0. The van der Waals surface area contributed by atoms with Gasteiger partial charge in [0.25, 0.3) is 0 Å². The molecule has 0 unspecified atom stereocenters. The van der Waals surface area contributed by atoms with E-state index in [-0.39, 0.29) is 0 Å². The summed E-state index contributed by atoms with van der Waals surface area (Å²) in [5.41, 5.74) is 0. The molecule has 0 radical (unpaired) electrons. The molecular formula is C14H33N3. The van der Waals surface area contributed by atoms with Crippen LogP contribution in [0.1, 0.15) is 33.6 Å². The van der Waals surface area contributed by atoms with E-state index in [1.54, 1.807) is 0 Å². The molecule has 17 heavy (non-hydrogen) atoms. The predicted octanol–water partition coefficient (Wildman–Crippen LogP) is 1.99. The van der Waals surface area contributed by atoms with Gasteiger partial charge in [-0.1, -0.05) is 27.2 Å². The van der Waals surface area contributed by atoms with Crippen LogP contribution in [0, 0.1) is 0 Å². The number of rotatable bonds is 6. The number of nitrogens with zero attached hydrogens (tertiary/aromatic N) is 3. The van der Waals surface area contributed by atoms with Gasteiger partial charge < -0.3 is 9.80 Å². The summed E-state index contributed by atoms with van der Waals surface area (Å²) in [4.78, 5) is 7.46. The fraction of sp³-hybridized carbons (Fsp3) is 1.00. The zero-order valence-corrected chi connectivity index (χ0v) is 12.7. The Balaban J connectivity index is 0.00000121. The molecule has 0 aromatic heterocycles. The van der Waals surface area contributed by atoms with Crippen molar-refractivity contribution >= 4 is 0 Å². The molecule has 1 aliphatic heterocycles. The van der Waals surface area contributed by atoms with E-state index >= 15 is 0 Å². The largest absolute Gasteiger partial charge is 0.305 e. The van der Waals surface area contributed by atoms with Crippen LogP contribution in [-0.2, 0) is 0 Å². The molecule has 0 amide bonds. The van der Waals surface area contributed by atoms with Crippen LogP contribution in [0.4, 0.5) is 0 Å². The highest BCUT2D eigenvalue weighted by molar-refractivity contribution is 4.70. The molecule has 104 valence electrons. The molecule has 0 bridgehead atoms. The maximum absolute atomic E-state index is 2.59. The van der Waals surface area contributed by atoms with Crippen molar-refractivity contribution in [1.29, 1.82) is 0 Å². The van der Waals surface area contributed by atoms with Crippen LogP contribution in [0.3, 0.4) is 0 Å². The summed E-state index contributed by atoms with van der Waals surface area (Å²) in [6.07, 6.45) is 2.64. The molecule has 1 saturated heterocycles. The van der Waals surface area contributed by atoms with Crippen molar-refractivity contribution in [2.75, 3.05) is 59.9 Å². The van der Waals surface area contributed by atoms with E-state index in [1.165, 1.54) is 58.7 Å². The summed E-state index contributed by atoms with van der Waals surface area (Å²) in [5, 5.41) is 0. The van der Waals surface area contributed by atoms with Crippen LogP contribution in [0.25, 0.3) is 0 Å². The molecule has 0 atom stereocenters. The molecule has 1 heterocycles. The third-order valence-corrected chi connectivity index (χ3v) is 3.29. The molecule has 0 N–H and O–H groups in total. The smallest absolute Gasteiger partial charge is 0.0110 e. The summed E-state index contributed by atoms with van der Waals surface area (Å²) in [7, 11) is 4.45. The Labute approximate surface area is 109 Å². The SMILES string of the molecule is CC.CCCCN(C)CCN1CCN(C)CC1. The Morgan fingerprint density at radius 2 is 1.59 bits per heavy atom. The van der Waals surface area contributed by atoms with Crippen LogP contribution in [0.5, 0.6) is 0 Å². The maximum Gasteiger partial charge on any atom is 0.0110 e. The third-order valence-electron chi connectivity index (χ3n) is 3.29. The van der Waals surface area contributed by atoms with E-state index in [9.17, 15) is 0 Å². The average molecular weight is 243 g/mol. The first-order valence-electron chi connectivity index (χ1n) is 7.32. The molecule has 1 aliphatic rings. The van der Waals surface area contributed by atoms with E-state index in [1.807, 2.05) is 13.8 Å². The Hall–Kier alpha value is -0.120. The number of hydrogen-bond donors (Lipinski definition) is 0. The van der Waals surface area contributed by atoms with Gasteiger partial charge in [0, 0.05) is 39.3 Å². The van der Waals surface area contributed by atoms with Gasteiger partial charge in [-0.25, -0.2) is 0 Å². The van der Waals surface area contributed by atoms with Crippen molar-refractivity contribution in [3.63, 3.8) is 0 Å². The lowest BCUT2D eigenvalue weighted by Crippen LogP contribution is -2.46. The lowest BCUT2D eigenvalue weighted by atomic mass is 10.3. The molecule has 3 nitrogen and oxygen atoms in total. The minimum absolute atomic E-state index is 1.23. The van der Waals surface area contributed by atoms with Crippen LogP contribution >= 0.6 is 0 Å². The summed E-state index contributed by atoms with van der Waals surface area (Å²) >= 11 is 0. The van der Waals surface area contributed by atoms with Crippen molar-refractivity contribution in [1.82, 2.24) is 14.7 Å². The van der Waals surface area contributed by atoms with E-state index in [0.29, 0.717) is 0 Å². The highest BCUT2D eigenvalue weighted by Crippen LogP contribution is 1.99. The van der Waals surface area contributed by atoms with Gasteiger partial charge in [-0.15, -0.1) is 0 Å². The first kappa shape index (κ1) is 16.9. The minimum Gasteiger partial charge on any atom is -0.305 e. The molecule has 1 fully saturated rings. The number of likely N-dealkylation sites (N-methyl/N-ethyl adjacent to an activating group) is 2. The first-order chi connectivity index (χ1) is 8.22. The molecule has 0 aromatic rings. The molecule has 0 saturated carbocycles. The van der Waals surface area contributed by atoms with Gasteiger partial charge in [0.05, 0.1) is 0 Å². The van der Waals surface area contributed by atoms with Gasteiger partial charge >= 0.3 is 0 Å². The van der Waals surface area contributed by atoms with Gasteiger partial charge in [-0.2, -0.15) is 0 Å². The second-order valence-electron chi connectivity index (χ2n) is 4.80. The van der Waals surface area contributed by atoms with E-state index < -0.39 is 0 Å². The number of unbranched alkanes of at least 4 members (excludes halogenated alkanes) is 1. The van der Waals surface area contributed by atoms with E-state index in [0.717, 1.165) is 0 Å². The van der Waals surface area contributed by atoms with Crippen molar-refractivity contribution in [2.45, 2.75) is 33.6 Å². The zero-order valence-electron chi connectivity index (χ0n) is 12.7. The molecule has 3 heteroatoms. The summed E-state index contributed by atoms with van der Waals surface area (Å²) in [6.45, 7) is 14.9. The van der Waals surface area contributed by atoms with Crippen LogP contribution in [0.2, 0.25) is 0 Å². The van der Waals surface area contributed by atoms with Crippen molar-refractivity contribution in [3.05, 3.63) is 0 Å². The quantitative estimate of drug-likeness (QED) is 0.706. The van der Waals surface area contributed by atoms with Gasteiger partial charge in [0.1, 0.15) is 0 Å². The standard InChI is InChI=1S/C12H27N3.C2H6/c1-4-5-6-13(2)7-10-15-11-8-14(3)9-12-15;1-2/h4-12H2,1-3H3;1-2H3. The number of hydrogen-bond acceptors (Lipinski definition) is 3. The lowest BCUT2D eigenvalue weighted by Gasteiger charge is -2.33. The Bertz CT molecular complexity index is 154. The fourth-order valence-corrected chi connectivity index (χ4v) is 1.92. The maximum atomic E-state index is 2.59. The van der Waals surface area contributed by atoms with Crippen LogP contribution in [0.15, 0.2) is 0 Å². The van der Waals surface area contributed by atoms with Gasteiger partial charge in [0.15, 0.2) is 0 Å². The van der Waals surface area contributed by atoms with Gasteiger partial charge in [-0.3, -0.25) is 4.90 Å². The average Bonchev–Trinajstić information content (AvgIpc) is 2.38. The van der Waals surface area contributed by atoms with E-state index in [4.69, 9.17) is 0 Å². The topological polar surface area (TPSA) is 9.72 Å². The van der Waals surface area contributed by atoms with Crippen molar-refractivity contribution in [3.8, 4) is 0 Å². The highest BCUT2D eigenvalue weighted by Gasteiger charge is 2.13. The summed E-state index contributed by atoms with van der Waals surface area (Å²) < 4.78 is 0. The predicted molar refractivity (Wildman–Crippen MR) is 77.7 cm³/mol. The van der Waals surface area contributed by atoms with Crippen LogP contribution in [-0.4, -0.2) is 74.6 Å². The van der Waals surface area contributed by atoms with Crippen LogP contribution < -0.4 is 0 Å².